The van der Waals surface area contributed by atoms with Gasteiger partial charge in [-0.25, -0.2) is 0 Å². The molecule has 6 heteroatoms. The van der Waals surface area contributed by atoms with Gasteiger partial charge in [-0.1, -0.05) is 0 Å². The summed E-state index contributed by atoms with van der Waals surface area (Å²) in [5.41, 5.74) is 0. The molecule has 0 bridgehead atoms. The van der Waals surface area contributed by atoms with Crippen molar-refractivity contribution in [3.8, 4) is 5.75 Å². The first-order valence-corrected chi connectivity index (χ1v) is 8.30. The molecule has 1 N–H and O–H groups in total. The number of benzene rings is 1. The van der Waals surface area contributed by atoms with Crippen molar-refractivity contribution in [3.05, 3.63) is 36.7 Å². The molecule has 0 saturated heterocycles. The summed E-state index contributed by atoms with van der Waals surface area (Å²) in [5, 5.41) is 5.16. The minimum absolute atomic E-state index is 0.00159. The van der Waals surface area contributed by atoms with Crippen LogP contribution in [-0.4, -0.2) is 29.9 Å². The summed E-state index contributed by atoms with van der Waals surface area (Å²) in [6, 6.07) is 8.04. The summed E-state index contributed by atoms with van der Waals surface area (Å²) in [4.78, 5) is 4.09. The van der Waals surface area contributed by atoms with Crippen molar-refractivity contribution in [2.75, 3.05) is 6.54 Å². The number of pyridine rings is 1. The van der Waals surface area contributed by atoms with E-state index in [2.05, 4.69) is 10.3 Å². The molecule has 0 radical (unpaired) electrons. The van der Waals surface area contributed by atoms with Gasteiger partial charge in [-0.05, 0) is 55.3 Å². The number of halogens is 3. The molecule has 0 aliphatic heterocycles. The SMILES string of the molecule is FC(F)(F)CCNC1CCC(Oc2ccc3cnccc3c2)CC1. The lowest BCUT2D eigenvalue weighted by Gasteiger charge is -2.29. The number of rotatable bonds is 5. The molecule has 0 atom stereocenters. The normalized spacial score (nSPS) is 21.8. The molecule has 0 amide bonds. The molecular weight excluding hydrogens is 317 g/mol. The topological polar surface area (TPSA) is 34.1 Å². The second-order valence-corrected chi connectivity index (χ2v) is 6.30. The van der Waals surface area contributed by atoms with Crippen molar-refractivity contribution in [3.63, 3.8) is 0 Å². The fourth-order valence-corrected chi connectivity index (χ4v) is 3.13. The Balaban J connectivity index is 1.46. The van der Waals surface area contributed by atoms with Crippen LogP contribution >= 0.6 is 0 Å². The summed E-state index contributed by atoms with van der Waals surface area (Å²) in [5.74, 6) is 0.835. The quantitative estimate of drug-likeness (QED) is 0.873. The van der Waals surface area contributed by atoms with Gasteiger partial charge in [-0.15, -0.1) is 0 Å². The molecule has 130 valence electrons. The van der Waals surface area contributed by atoms with E-state index in [1.54, 1.807) is 6.20 Å². The molecule has 1 fully saturated rings. The van der Waals surface area contributed by atoms with Gasteiger partial charge in [-0.3, -0.25) is 4.98 Å². The molecule has 0 unspecified atom stereocenters. The number of nitrogens with zero attached hydrogens (tertiary/aromatic N) is 1. The van der Waals surface area contributed by atoms with Crippen LogP contribution in [-0.2, 0) is 0 Å². The van der Waals surface area contributed by atoms with E-state index >= 15 is 0 Å². The number of aromatic nitrogens is 1. The van der Waals surface area contributed by atoms with Gasteiger partial charge < -0.3 is 10.1 Å². The highest BCUT2D eigenvalue weighted by Gasteiger charge is 2.28. The third-order valence-corrected chi connectivity index (χ3v) is 4.43. The minimum atomic E-state index is -4.08. The lowest BCUT2D eigenvalue weighted by Crippen LogP contribution is -2.37. The van der Waals surface area contributed by atoms with Crippen LogP contribution in [0.4, 0.5) is 13.2 Å². The van der Waals surface area contributed by atoms with Crippen molar-refractivity contribution in [1.82, 2.24) is 10.3 Å². The maximum Gasteiger partial charge on any atom is 0.390 e. The third-order valence-electron chi connectivity index (χ3n) is 4.43. The highest BCUT2D eigenvalue weighted by Crippen LogP contribution is 2.26. The summed E-state index contributed by atoms with van der Waals surface area (Å²) in [6.07, 6.45) is 2.26. The molecule has 1 aliphatic rings. The second-order valence-electron chi connectivity index (χ2n) is 6.30. The maximum atomic E-state index is 12.2. The Morgan fingerprint density at radius 3 is 2.62 bits per heavy atom. The van der Waals surface area contributed by atoms with Crippen LogP contribution in [0.3, 0.4) is 0 Å². The third kappa shape index (κ3) is 4.84. The van der Waals surface area contributed by atoms with Gasteiger partial charge in [0.05, 0.1) is 12.5 Å². The first-order chi connectivity index (χ1) is 11.5. The molecule has 3 rings (SSSR count). The molecule has 1 aromatic heterocycles. The summed E-state index contributed by atoms with van der Waals surface area (Å²) in [6.45, 7) is -0.00159. The number of nitrogens with one attached hydrogen (secondary N) is 1. The van der Waals surface area contributed by atoms with Crippen LogP contribution < -0.4 is 10.1 Å². The Morgan fingerprint density at radius 2 is 1.88 bits per heavy atom. The van der Waals surface area contributed by atoms with Crippen molar-refractivity contribution in [2.24, 2.45) is 0 Å². The zero-order valence-electron chi connectivity index (χ0n) is 13.4. The van der Waals surface area contributed by atoms with Crippen LogP contribution in [0.1, 0.15) is 32.1 Å². The van der Waals surface area contributed by atoms with E-state index < -0.39 is 12.6 Å². The molecule has 0 spiro atoms. The minimum Gasteiger partial charge on any atom is -0.490 e. The molecule has 3 nitrogen and oxygen atoms in total. The molecule has 1 aliphatic carbocycles. The number of hydrogen-bond acceptors (Lipinski definition) is 3. The highest BCUT2D eigenvalue weighted by molar-refractivity contribution is 5.82. The van der Waals surface area contributed by atoms with Crippen molar-refractivity contribution in [1.29, 1.82) is 0 Å². The Labute approximate surface area is 139 Å². The summed E-state index contributed by atoms with van der Waals surface area (Å²) in [7, 11) is 0. The molecule has 1 aromatic carbocycles. The highest BCUT2D eigenvalue weighted by atomic mass is 19.4. The van der Waals surface area contributed by atoms with Crippen molar-refractivity contribution < 1.29 is 17.9 Å². The van der Waals surface area contributed by atoms with E-state index in [1.165, 1.54) is 0 Å². The molecule has 24 heavy (non-hydrogen) atoms. The molecular formula is C18H21F3N2O. The Morgan fingerprint density at radius 1 is 1.08 bits per heavy atom. The van der Waals surface area contributed by atoms with E-state index in [9.17, 15) is 13.2 Å². The monoisotopic (exact) mass is 338 g/mol. The number of hydrogen-bond donors (Lipinski definition) is 1. The zero-order chi connectivity index (χ0) is 17.0. The standard InChI is InChI=1S/C18H21F3N2O/c19-18(20,21)8-10-23-15-2-5-16(6-3-15)24-17-4-1-14-12-22-9-7-13(14)11-17/h1,4,7,9,11-12,15-16,23H,2-3,5-6,8,10H2. The lowest BCUT2D eigenvalue weighted by atomic mass is 9.93. The number of alkyl halides is 3. The van der Waals surface area contributed by atoms with Crippen molar-refractivity contribution in [2.45, 2.75) is 50.4 Å². The van der Waals surface area contributed by atoms with Crippen LogP contribution in [0.5, 0.6) is 5.75 Å². The first-order valence-electron chi connectivity index (χ1n) is 8.30. The van der Waals surface area contributed by atoms with Gasteiger partial charge in [0.1, 0.15) is 5.75 Å². The van der Waals surface area contributed by atoms with Crippen molar-refractivity contribution >= 4 is 10.8 Å². The largest absolute Gasteiger partial charge is 0.490 e. The van der Waals surface area contributed by atoms with E-state index in [0.29, 0.717) is 0 Å². The van der Waals surface area contributed by atoms with E-state index in [-0.39, 0.29) is 18.7 Å². The Hall–Kier alpha value is -1.82. The maximum absolute atomic E-state index is 12.2. The Bertz CT molecular complexity index is 667. The van der Waals surface area contributed by atoms with Crippen LogP contribution in [0.15, 0.2) is 36.7 Å². The predicted molar refractivity (Wildman–Crippen MR) is 87.1 cm³/mol. The van der Waals surface area contributed by atoms with Gasteiger partial charge >= 0.3 is 6.18 Å². The predicted octanol–water partition coefficient (Wildman–Crippen LogP) is 4.47. The summed E-state index contributed by atoms with van der Waals surface area (Å²) >= 11 is 0. The van der Waals surface area contributed by atoms with E-state index in [4.69, 9.17) is 4.74 Å². The average molecular weight is 338 g/mol. The number of ether oxygens (including phenoxy) is 1. The molecule has 1 heterocycles. The fourth-order valence-electron chi connectivity index (χ4n) is 3.13. The summed E-state index contributed by atoms with van der Waals surface area (Å²) < 4.78 is 42.5. The van der Waals surface area contributed by atoms with Gasteiger partial charge in [0.15, 0.2) is 0 Å². The van der Waals surface area contributed by atoms with Gasteiger partial charge in [0.2, 0.25) is 0 Å². The second kappa shape index (κ2) is 7.38. The average Bonchev–Trinajstić information content (AvgIpc) is 2.55. The van der Waals surface area contributed by atoms with Crippen LogP contribution in [0.25, 0.3) is 10.8 Å². The van der Waals surface area contributed by atoms with Crippen LogP contribution in [0, 0.1) is 0 Å². The van der Waals surface area contributed by atoms with Gasteiger partial charge in [-0.2, -0.15) is 13.2 Å². The lowest BCUT2D eigenvalue weighted by molar-refractivity contribution is -0.133. The molecule has 2 aromatic rings. The fraction of sp³-hybridized carbons (Fsp3) is 0.500. The van der Waals surface area contributed by atoms with Gasteiger partial charge in [0, 0.05) is 30.4 Å². The van der Waals surface area contributed by atoms with Gasteiger partial charge in [0.25, 0.3) is 0 Å². The van der Waals surface area contributed by atoms with Crippen LogP contribution in [0.2, 0.25) is 0 Å². The Kier molecular flexibility index (Phi) is 5.23. The van der Waals surface area contributed by atoms with E-state index in [1.807, 2.05) is 30.5 Å². The zero-order valence-corrected chi connectivity index (χ0v) is 13.4. The molecule has 1 saturated carbocycles. The number of fused-ring (bicyclic) bond motifs is 1. The first kappa shape index (κ1) is 17.0. The van der Waals surface area contributed by atoms with E-state index in [0.717, 1.165) is 42.2 Å². The smallest absolute Gasteiger partial charge is 0.390 e.